The molecule has 0 spiro atoms. The van der Waals surface area contributed by atoms with Gasteiger partial charge in [0, 0.05) is 4.47 Å². The smallest absolute Gasteiger partial charge is 0.258 e. The van der Waals surface area contributed by atoms with Crippen LogP contribution >= 0.6 is 15.9 Å². The van der Waals surface area contributed by atoms with E-state index in [1.165, 1.54) is 12.1 Å². The second kappa shape index (κ2) is 5.40. The van der Waals surface area contributed by atoms with Crippen LogP contribution in [0.2, 0.25) is 0 Å². The highest BCUT2D eigenvalue weighted by Crippen LogP contribution is 2.18. The van der Waals surface area contributed by atoms with Crippen molar-refractivity contribution in [1.82, 2.24) is 4.98 Å². The highest BCUT2D eigenvalue weighted by molar-refractivity contribution is 9.10. The maximum Gasteiger partial charge on any atom is 0.258 e. The predicted octanol–water partition coefficient (Wildman–Crippen LogP) is 3.51. The Morgan fingerprint density at radius 2 is 1.89 bits per heavy atom. The van der Waals surface area contributed by atoms with Crippen molar-refractivity contribution in [2.24, 2.45) is 0 Å². The molecule has 0 fully saturated rings. The number of nitrogens with one attached hydrogen (secondary N) is 1. The van der Waals surface area contributed by atoms with Gasteiger partial charge in [0.15, 0.2) is 0 Å². The quantitative estimate of drug-likeness (QED) is 0.856. The molecule has 98 valence electrons. The van der Waals surface area contributed by atoms with E-state index in [-0.39, 0.29) is 11.3 Å². The Bertz CT molecular complexity index is 649. The van der Waals surface area contributed by atoms with E-state index < -0.39 is 23.6 Å². The van der Waals surface area contributed by atoms with E-state index in [4.69, 9.17) is 0 Å². The van der Waals surface area contributed by atoms with E-state index >= 15 is 0 Å². The first-order valence-corrected chi connectivity index (χ1v) is 5.85. The van der Waals surface area contributed by atoms with Crippen LogP contribution in [-0.4, -0.2) is 10.9 Å². The number of pyridine rings is 1. The summed E-state index contributed by atoms with van der Waals surface area (Å²) in [6.45, 7) is 0. The number of rotatable bonds is 2. The summed E-state index contributed by atoms with van der Waals surface area (Å²) in [7, 11) is 0. The van der Waals surface area contributed by atoms with Crippen molar-refractivity contribution >= 4 is 27.5 Å². The third-order valence-electron chi connectivity index (χ3n) is 2.24. The van der Waals surface area contributed by atoms with Crippen molar-refractivity contribution < 1.29 is 18.0 Å². The average Bonchev–Trinajstić information content (AvgIpc) is 2.32. The van der Waals surface area contributed by atoms with Crippen LogP contribution in [0.4, 0.5) is 18.9 Å². The molecule has 0 aliphatic heterocycles. The lowest BCUT2D eigenvalue weighted by Gasteiger charge is -2.06. The normalized spacial score (nSPS) is 10.3. The lowest BCUT2D eigenvalue weighted by atomic mass is 10.2. The van der Waals surface area contributed by atoms with E-state index in [1.807, 2.05) is 0 Å². The molecule has 0 aliphatic carbocycles. The standard InChI is InChI=1S/C12H6BrF3N2O/c13-6-1-2-7(8(14)5-6)12(19)17-9-3-4-10(15)18-11(9)16/h1-5H,(H,17,19). The van der Waals surface area contributed by atoms with Gasteiger partial charge in [-0.3, -0.25) is 4.79 Å². The van der Waals surface area contributed by atoms with Crippen LogP contribution < -0.4 is 5.32 Å². The molecule has 2 rings (SSSR count). The Kier molecular flexibility index (Phi) is 3.84. The van der Waals surface area contributed by atoms with Crippen LogP contribution in [0.5, 0.6) is 0 Å². The number of hydrogen-bond donors (Lipinski definition) is 1. The van der Waals surface area contributed by atoms with Crippen LogP contribution in [0.1, 0.15) is 10.4 Å². The predicted molar refractivity (Wildman–Crippen MR) is 66.2 cm³/mol. The van der Waals surface area contributed by atoms with Gasteiger partial charge in [0.2, 0.25) is 11.9 Å². The highest BCUT2D eigenvalue weighted by Gasteiger charge is 2.14. The Hall–Kier alpha value is -1.89. The fraction of sp³-hybridized carbons (Fsp3) is 0. The minimum absolute atomic E-state index is 0.257. The summed E-state index contributed by atoms with van der Waals surface area (Å²) in [5.74, 6) is -3.80. The van der Waals surface area contributed by atoms with Crippen molar-refractivity contribution in [1.29, 1.82) is 0 Å². The minimum atomic E-state index is -1.18. The minimum Gasteiger partial charge on any atom is -0.318 e. The average molecular weight is 331 g/mol. The summed E-state index contributed by atoms with van der Waals surface area (Å²) < 4.78 is 39.8. The number of halogens is 4. The first-order chi connectivity index (χ1) is 8.97. The molecule has 2 aromatic rings. The molecule has 0 radical (unpaired) electrons. The zero-order chi connectivity index (χ0) is 14.0. The SMILES string of the molecule is O=C(Nc1ccc(F)nc1F)c1ccc(Br)cc1F. The largest absolute Gasteiger partial charge is 0.318 e. The molecule has 0 saturated carbocycles. The highest BCUT2D eigenvalue weighted by atomic mass is 79.9. The molecular weight excluding hydrogens is 325 g/mol. The van der Waals surface area contributed by atoms with Gasteiger partial charge in [0.05, 0.1) is 11.3 Å². The van der Waals surface area contributed by atoms with Gasteiger partial charge in [-0.1, -0.05) is 15.9 Å². The fourth-order valence-corrected chi connectivity index (χ4v) is 1.70. The summed E-state index contributed by atoms with van der Waals surface area (Å²) >= 11 is 3.05. The Morgan fingerprint density at radius 1 is 1.16 bits per heavy atom. The van der Waals surface area contributed by atoms with E-state index in [1.54, 1.807) is 0 Å². The number of aromatic nitrogens is 1. The number of hydrogen-bond acceptors (Lipinski definition) is 2. The third-order valence-corrected chi connectivity index (χ3v) is 2.73. The number of amides is 1. The first kappa shape index (κ1) is 13.5. The number of anilines is 1. The maximum absolute atomic E-state index is 13.5. The second-order valence-corrected chi connectivity index (χ2v) is 4.47. The summed E-state index contributed by atoms with van der Waals surface area (Å²) in [4.78, 5) is 14.6. The van der Waals surface area contributed by atoms with E-state index in [2.05, 4.69) is 26.2 Å². The summed E-state index contributed by atoms with van der Waals surface area (Å²) in [6, 6.07) is 5.71. The van der Waals surface area contributed by atoms with Gasteiger partial charge in [-0.25, -0.2) is 4.39 Å². The van der Waals surface area contributed by atoms with E-state index in [9.17, 15) is 18.0 Å². The Morgan fingerprint density at radius 3 is 2.53 bits per heavy atom. The molecular formula is C12H6BrF3N2O. The molecule has 0 atom stereocenters. The number of nitrogens with zero attached hydrogens (tertiary/aromatic N) is 1. The lowest BCUT2D eigenvalue weighted by Crippen LogP contribution is -2.15. The monoisotopic (exact) mass is 330 g/mol. The Labute approximate surface area is 114 Å². The van der Waals surface area contributed by atoms with Crippen molar-refractivity contribution in [3.05, 3.63) is 58.1 Å². The number of carbonyl (C=O) groups is 1. The zero-order valence-electron chi connectivity index (χ0n) is 9.25. The fourth-order valence-electron chi connectivity index (χ4n) is 1.37. The van der Waals surface area contributed by atoms with E-state index in [0.29, 0.717) is 4.47 Å². The number of benzene rings is 1. The number of carbonyl (C=O) groups excluding carboxylic acids is 1. The summed E-state index contributed by atoms with van der Waals surface area (Å²) in [5, 5.41) is 2.12. The molecule has 7 heteroatoms. The molecule has 0 saturated heterocycles. The van der Waals surface area contributed by atoms with Gasteiger partial charge in [-0.2, -0.15) is 13.8 Å². The van der Waals surface area contributed by atoms with Crippen molar-refractivity contribution in [3.63, 3.8) is 0 Å². The van der Waals surface area contributed by atoms with Crippen molar-refractivity contribution in [2.45, 2.75) is 0 Å². The molecule has 0 aliphatic rings. The van der Waals surface area contributed by atoms with Gasteiger partial charge >= 0.3 is 0 Å². The van der Waals surface area contributed by atoms with Crippen molar-refractivity contribution in [3.8, 4) is 0 Å². The molecule has 0 bridgehead atoms. The van der Waals surface area contributed by atoms with Gasteiger partial charge < -0.3 is 5.32 Å². The molecule has 1 aromatic heterocycles. The molecule has 19 heavy (non-hydrogen) atoms. The van der Waals surface area contributed by atoms with Gasteiger partial charge in [0.25, 0.3) is 5.91 Å². The molecule has 1 amide bonds. The first-order valence-electron chi connectivity index (χ1n) is 5.06. The van der Waals surface area contributed by atoms with Crippen LogP contribution in [0.25, 0.3) is 0 Å². The molecule has 1 heterocycles. The molecule has 1 aromatic carbocycles. The van der Waals surface area contributed by atoms with Crippen LogP contribution in [0, 0.1) is 17.7 Å². The lowest BCUT2D eigenvalue weighted by molar-refractivity contribution is 0.102. The van der Waals surface area contributed by atoms with Crippen LogP contribution in [-0.2, 0) is 0 Å². The third kappa shape index (κ3) is 3.11. The van der Waals surface area contributed by atoms with Gasteiger partial charge in [-0.05, 0) is 30.3 Å². The van der Waals surface area contributed by atoms with Crippen LogP contribution in [0.3, 0.4) is 0 Å². The summed E-state index contributed by atoms with van der Waals surface area (Å²) in [5.41, 5.74) is -0.583. The second-order valence-electron chi connectivity index (χ2n) is 3.55. The van der Waals surface area contributed by atoms with Gasteiger partial charge in [0.1, 0.15) is 5.82 Å². The van der Waals surface area contributed by atoms with Gasteiger partial charge in [-0.15, -0.1) is 0 Å². The topological polar surface area (TPSA) is 42.0 Å². The Balaban J connectivity index is 2.25. The van der Waals surface area contributed by atoms with Crippen LogP contribution in [0.15, 0.2) is 34.8 Å². The van der Waals surface area contributed by atoms with E-state index in [0.717, 1.165) is 18.2 Å². The zero-order valence-corrected chi connectivity index (χ0v) is 10.8. The molecule has 0 unspecified atom stereocenters. The molecule has 3 nitrogen and oxygen atoms in total. The summed E-state index contributed by atoms with van der Waals surface area (Å²) in [6.07, 6.45) is 0. The van der Waals surface area contributed by atoms with Crippen molar-refractivity contribution in [2.75, 3.05) is 5.32 Å². The molecule has 1 N–H and O–H groups in total. The maximum atomic E-state index is 13.5.